The molecule has 1 aliphatic carbocycles. The fraction of sp³-hybridized carbons (Fsp3) is 0.600. The van der Waals surface area contributed by atoms with Gasteiger partial charge in [0.05, 0.1) is 18.8 Å². The second-order valence-electron chi connectivity index (χ2n) is 5.34. The minimum absolute atomic E-state index is 0.674. The molecule has 1 aromatic rings. The van der Waals surface area contributed by atoms with Gasteiger partial charge in [-0.2, -0.15) is 5.26 Å². The zero-order valence-corrected chi connectivity index (χ0v) is 11.7. The number of hydrogen-bond donors (Lipinski definition) is 1. The smallest absolute Gasteiger partial charge is 0.144 e. The predicted octanol–water partition coefficient (Wildman–Crippen LogP) is 1.19. The molecule has 0 bridgehead atoms. The van der Waals surface area contributed by atoms with E-state index in [1.165, 1.54) is 5.56 Å². The standard InChI is InChI=1S/C15H20N4O/c16-11-13-10-12-2-1-3-14(12)18-15(13)17-4-5-19-6-8-20-9-7-19/h10H,1-9H2,(H,17,18). The van der Waals surface area contributed by atoms with Crippen molar-refractivity contribution in [3.05, 3.63) is 22.9 Å². The van der Waals surface area contributed by atoms with Crippen LogP contribution in [0.4, 0.5) is 5.82 Å². The number of aryl methyl sites for hydroxylation is 2. The molecule has 0 amide bonds. The van der Waals surface area contributed by atoms with E-state index >= 15 is 0 Å². The zero-order valence-electron chi connectivity index (χ0n) is 11.7. The van der Waals surface area contributed by atoms with Gasteiger partial charge in [-0.3, -0.25) is 4.90 Å². The Morgan fingerprint density at radius 1 is 1.35 bits per heavy atom. The number of rotatable bonds is 4. The highest BCUT2D eigenvalue weighted by atomic mass is 16.5. The topological polar surface area (TPSA) is 61.2 Å². The third kappa shape index (κ3) is 2.92. The maximum Gasteiger partial charge on any atom is 0.144 e. The highest BCUT2D eigenvalue weighted by Crippen LogP contribution is 2.24. The number of anilines is 1. The van der Waals surface area contributed by atoms with Gasteiger partial charge in [-0.05, 0) is 30.9 Å². The molecule has 0 unspecified atom stereocenters. The quantitative estimate of drug-likeness (QED) is 0.892. The lowest BCUT2D eigenvalue weighted by molar-refractivity contribution is 0.0398. The van der Waals surface area contributed by atoms with Gasteiger partial charge >= 0.3 is 0 Å². The van der Waals surface area contributed by atoms with Crippen LogP contribution in [0.3, 0.4) is 0 Å². The molecule has 106 valence electrons. The minimum atomic E-state index is 0.674. The van der Waals surface area contributed by atoms with E-state index in [4.69, 9.17) is 4.74 Å². The Morgan fingerprint density at radius 3 is 3.00 bits per heavy atom. The lowest BCUT2D eigenvalue weighted by Gasteiger charge is -2.26. The molecule has 1 N–H and O–H groups in total. The molecule has 1 aliphatic heterocycles. The maximum absolute atomic E-state index is 9.24. The number of pyridine rings is 1. The second-order valence-corrected chi connectivity index (χ2v) is 5.34. The van der Waals surface area contributed by atoms with Crippen LogP contribution in [0.15, 0.2) is 6.07 Å². The van der Waals surface area contributed by atoms with Crippen molar-refractivity contribution in [2.24, 2.45) is 0 Å². The summed E-state index contributed by atoms with van der Waals surface area (Å²) in [6.45, 7) is 5.41. The van der Waals surface area contributed by atoms with Crippen LogP contribution in [-0.4, -0.2) is 49.3 Å². The number of ether oxygens (including phenoxy) is 1. The van der Waals surface area contributed by atoms with Crippen LogP contribution in [0.2, 0.25) is 0 Å². The molecule has 1 saturated heterocycles. The number of fused-ring (bicyclic) bond motifs is 1. The van der Waals surface area contributed by atoms with Gasteiger partial charge in [0.15, 0.2) is 0 Å². The van der Waals surface area contributed by atoms with Gasteiger partial charge in [0.2, 0.25) is 0 Å². The van der Waals surface area contributed by atoms with Gasteiger partial charge in [0.25, 0.3) is 0 Å². The van der Waals surface area contributed by atoms with E-state index in [1.54, 1.807) is 0 Å². The highest BCUT2D eigenvalue weighted by Gasteiger charge is 2.16. The van der Waals surface area contributed by atoms with E-state index in [1.807, 2.05) is 6.07 Å². The van der Waals surface area contributed by atoms with Crippen LogP contribution in [0.5, 0.6) is 0 Å². The number of nitriles is 1. The SMILES string of the molecule is N#Cc1cc2c(nc1NCCN1CCOCC1)CCC2. The van der Waals surface area contributed by atoms with Crippen LogP contribution < -0.4 is 5.32 Å². The first-order valence-electron chi connectivity index (χ1n) is 7.33. The first kappa shape index (κ1) is 13.3. The molecule has 2 heterocycles. The number of nitrogens with zero attached hydrogens (tertiary/aromatic N) is 3. The van der Waals surface area contributed by atoms with Crippen molar-refractivity contribution in [3.8, 4) is 6.07 Å². The Balaban J connectivity index is 1.60. The fourth-order valence-electron chi connectivity index (χ4n) is 2.85. The van der Waals surface area contributed by atoms with Crippen LogP contribution in [0.1, 0.15) is 23.2 Å². The molecular weight excluding hydrogens is 252 g/mol. The minimum Gasteiger partial charge on any atom is -0.379 e. The van der Waals surface area contributed by atoms with Crippen LogP contribution in [0, 0.1) is 11.3 Å². The van der Waals surface area contributed by atoms with E-state index in [9.17, 15) is 5.26 Å². The van der Waals surface area contributed by atoms with Crippen LogP contribution in [-0.2, 0) is 17.6 Å². The van der Waals surface area contributed by atoms with E-state index in [-0.39, 0.29) is 0 Å². The third-order valence-corrected chi connectivity index (χ3v) is 4.00. The molecule has 0 saturated carbocycles. The van der Waals surface area contributed by atoms with Crippen molar-refractivity contribution in [3.63, 3.8) is 0 Å². The van der Waals surface area contributed by atoms with E-state index < -0.39 is 0 Å². The van der Waals surface area contributed by atoms with E-state index in [0.29, 0.717) is 5.56 Å². The van der Waals surface area contributed by atoms with Crippen molar-refractivity contribution < 1.29 is 4.74 Å². The molecular formula is C15H20N4O. The molecule has 5 heteroatoms. The monoisotopic (exact) mass is 272 g/mol. The number of morpholine rings is 1. The molecule has 20 heavy (non-hydrogen) atoms. The maximum atomic E-state index is 9.24. The molecule has 0 spiro atoms. The Hall–Kier alpha value is -1.64. The van der Waals surface area contributed by atoms with E-state index in [2.05, 4.69) is 21.3 Å². The number of nitrogens with one attached hydrogen (secondary N) is 1. The van der Waals surface area contributed by atoms with Gasteiger partial charge in [-0.1, -0.05) is 0 Å². The normalized spacial score (nSPS) is 18.6. The summed E-state index contributed by atoms with van der Waals surface area (Å²) in [7, 11) is 0. The largest absolute Gasteiger partial charge is 0.379 e. The summed E-state index contributed by atoms with van der Waals surface area (Å²) in [6, 6.07) is 4.26. The summed E-state index contributed by atoms with van der Waals surface area (Å²) >= 11 is 0. The van der Waals surface area contributed by atoms with Crippen LogP contribution in [0.25, 0.3) is 0 Å². The number of hydrogen-bond acceptors (Lipinski definition) is 5. The molecule has 0 aromatic carbocycles. The third-order valence-electron chi connectivity index (χ3n) is 4.00. The summed E-state index contributed by atoms with van der Waals surface area (Å²) in [5.41, 5.74) is 3.09. The summed E-state index contributed by atoms with van der Waals surface area (Å²) in [5.74, 6) is 0.751. The molecule has 2 aliphatic rings. The van der Waals surface area contributed by atoms with Crippen LogP contribution >= 0.6 is 0 Å². The summed E-state index contributed by atoms with van der Waals surface area (Å²) < 4.78 is 5.33. The van der Waals surface area contributed by atoms with Crippen molar-refractivity contribution >= 4 is 5.82 Å². The van der Waals surface area contributed by atoms with Crippen molar-refractivity contribution in [1.82, 2.24) is 9.88 Å². The Morgan fingerprint density at radius 2 is 2.20 bits per heavy atom. The molecule has 0 radical (unpaired) electrons. The Kier molecular flexibility index (Phi) is 4.14. The van der Waals surface area contributed by atoms with Crippen molar-refractivity contribution in [1.29, 1.82) is 5.26 Å². The highest BCUT2D eigenvalue weighted by molar-refractivity contribution is 5.55. The van der Waals surface area contributed by atoms with Gasteiger partial charge in [0.1, 0.15) is 11.9 Å². The van der Waals surface area contributed by atoms with Gasteiger partial charge in [0, 0.05) is 31.9 Å². The second kappa shape index (κ2) is 6.21. The van der Waals surface area contributed by atoms with Gasteiger partial charge in [-0.25, -0.2) is 4.98 Å². The molecule has 3 rings (SSSR count). The van der Waals surface area contributed by atoms with E-state index in [0.717, 1.165) is 70.2 Å². The average molecular weight is 272 g/mol. The fourth-order valence-corrected chi connectivity index (χ4v) is 2.85. The lowest BCUT2D eigenvalue weighted by atomic mass is 10.1. The Bertz CT molecular complexity index is 517. The van der Waals surface area contributed by atoms with Crippen molar-refractivity contribution in [2.45, 2.75) is 19.3 Å². The molecule has 5 nitrogen and oxygen atoms in total. The number of aromatic nitrogens is 1. The summed E-state index contributed by atoms with van der Waals surface area (Å²) in [4.78, 5) is 7.00. The van der Waals surface area contributed by atoms with Crippen molar-refractivity contribution in [2.75, 3.05) is 44.7 Å². The molecule has 1 aromatic heterocycles. The average Bonchev–Trinajstić information content (AvgIpc) is 2.94. The summed E-state index contributed by atoms with van der Waals surface area (Å²) in [6.07, 6.45) is 3.26. The lowest BCUT2D eigenvalue weighted by Crippen LogP contribution is -2.39. The first-order valence-corrected chi connectivity index (χ1v) is 7.33. The zero-order chi connectivity index (χ0) is 13.8. The summed E-state index contributed by atoms with van der Waals surface area (Å²) in [5, 5.41) is 12.6. The van der Waals surface area contributed by atoms with Gasteiger partial charge in [-0.15, -0.1) is 0 Å². The molecule has 1 fully saturated rings. The molecule has 0 atom stereocenters. The first-order chi connectivity index (χ1) is 9.86. The Labute approximate surface area is 119 Å². The van der Waals surface area contributed by atoms with Gasteiger partial charge < -0.3 is 10.1 Å². The predicted molar refractivity (Wildman–Crippen MR) is 76.7 cm³/mol.